The lowest BCUT2D eigenvalue weighted by molar-refractivity contribution is 0.107. The molecule has 0 aliphatic heterocycles. The van der Waals surface area contributed by atoms with Crippen molar-refractivity contribution >= 4 is 16.8 Å². The van der Waals surface area contributed by atoms with Gasteiger partial charge in [0.1, 0.15) is 11.5 Å². The van der Waals surface area contributed by atoms with Gasteiger partial charge < -0.3 is 9.47 Å². The minimum Gasteiger partial charge on any atom is -0.497 e. The number of carbonyl (C=O) groups is 1. The standard InChI is InChI=1S/C12H15ClO3/c1-4-5-9-10(12(13)14)6-8(15-2)7-11(9)16-3/h6-7H,4-5H2,1-3H3. The van der Waals surface area contributed by atoms with E-state index in [0.29, 0.717) is 17.1 Å². The highest BCUT2D eigenvalue weighted by atomic mass is 35.5. The van der Waals surface area contributed by atoms with Crippen LogP contribution < -0.4 is 9.47 Å². The van der Waals surface area contributed by atoms with Crippen LogP contribution in [0.15, 0.2) is 12.1 Å². The summed E-state index contributed by atoms with van der Waals surface area (Å²) in [5.41, 5.74) is 1.30. The minimum absolute atomic E-state index is 0.458. The number of hydrogen-bond acceptors (Lipinski definition) is 3. The van der Waals surface area contributed by atoms with Crippen molar-refractivity contribution in [1.29, 1.82) is 0 Å². The van der Waals surface area contributed by atoms with Crippen LogP contribution in [-0.2, 0) is 6.42 Å². The highest BCUT2D eigenvalue weighted by Crippen LogP contribution is 2.30. The van der Waals surface area contributed by atoms with Gasteiger partial charge in [-0.25, -0.2) is 0 Å². The summed E-state index contributed by atoms with van der Waals surface area (Å²) >= 11 is 5.55. The predicted molar refractivity (Wildman–Crippen MR) is 63.7 cm³/mol. The van der Waals surface area contributed by atoms with Crippen LogP contribution in [0.3, 0.4) is 0 Å². The maximum Gasteiger partial charge on any atom is 0.252 e. The molecule has 0 N–H and O–H groups in total. The van der Waals surface area contributed by atoms with E-state index < -0.39 is 5.24 Å². The number of halogens is 1. The molecular formula is C12H15ClO3. The lowest BCUT2D eigenvalue weighted by atomic mass is 10.0. The molecule has 4 heteroatoms. The maximum absolute atomic E-state index is 11.3. The van der Waals surface area contributed by atoms with Crippen molar-refractivity contribution < 1.29 is 14.3 Å². The first-order valence-corrected chi connectivity index (χ1v) is 5.46. The fourth-order valence-corrected chi connectivity index (χ4v) is 1.77. The molecule has 3 nitrogen and oxygen atoms in total. The zero-order valence-corrected chi connectivity index (χ0v) is 10.4. The molecule has 0 atom stereocenters. The lowest BCUT2D eigenvalue weighted by Gasteiger charge is -2.13. The van der Waals surface area contributed by atoms with Gasteiger partial charge in [0.2, 0.25) is 0 Å². The van der Waals surface area contributed by atoms with Crippen LogP contribution >= 0.6 is 11.6 Å². The van der Waals surface area contributed by atoms with Crippen LogP contribution in [0, 0.1) is 0 Å². The molecule has 0 aliphatic carbocycles. The third-order valence-electron chi connectivity index (χ3n) is 2.35. The van der Waals surface area contributed by atoms with Gasteiger partial charge in [0, 0.05) is 17.2 Å². The van der Waals surface area contributed by atoms with Gasteiger partial charge in [-0.15, -0.1) is 0 Å². The summed E-state index contributed by atoms with van der Waals surface area (Å²) in [6, 6.07) is 3.40. The predicted octanol–water partition coefficient (Wildman–Crippen LogP) is 3.04. The average Bonchev–Trinajstić information content (AvgIpc) is 2.29. The van der Waals surface area contributed by atoms with Gasteiger partial charge in [0.05, 0.1) is 14.2 Å². The van der Waals surface area contributed by atoms with Crippen molar-refractivity contribution in [2.45, 2.75) is 19.8 Å². The third kappa shape index (κ3) is 2.67. The van der Waals surface area contributed by atoms with E-state index in [9.17, 15) is 4.79 Å². The largest absolute Gasteiger partial charge is 0.497 e. The van der Waals surface area contributed by atoms with Crippen LogP contribution in [0.4, 0.5) is 0 Å². The van der Waals surface area contributed by atoms with Gasteiger partial charge in [-0.2, -0.15) is 0 Å². The Bertz CT molecular complexity index is 388. The summed E-state index contributed by atoms with van der Waals surface area (Å²) < 4.78 is 10.3. The van der Waals surface area contributed by atoms with E-state index >= 15 is 0 Å². The minimum atomic E-state index is -0.486. The van der Waals surface area contributed by atoms with Crippen molar-refractivity contribution in [2.75, 3.05) is 14.2 Å². The molecule has 0 heterocycles. The summed E-state index contributed by atoms with van der Waals surface area (Å²) in [7, 11) is 3.10. The molecule has 16 heavy (non-hydrogen) atoms. The molecule has 0 unspecified atom stereocenters. The molecule has 0 aromatic heterocycles. The molecule has 0 radical (unpaired) electrons. The van der Waals surface area contributed by atoms with Crippen LogP contribution in [-0.4, -0.2) is 19.5 Å². The van der Waals surface area contributed by atoms with E-state index in [1.54, 1.807) is 19.2 Å². The van der Waals surface area contributed by atoms with Crippen LogP contribution in [0.5, 0.6) is 11.5 Å². The van der Waals surface area contributed by atoms with Crippen molar-refractivity contribution in [3.05, 3.63) is 23.3 Å². The smallest absolute Gasteiger partial charge is 0.252 e. The molecule has 1 aromatic rings. The quantitative estimate of drug-likeness (QED) is 0.745. The monoisotopic (exact) mass is 242 g/mol. The molecule has 0 saturated heterocycles. The highest BCUT2D eigenvalue weighted by Gasteiger charge is 2.15. The molecule has 0 amide bonds. The lowest BCUT2D eigenvalue weighted by Crippen LogP contribution is -2.02. The fourth-order valence-electron chi connectivity index (χ4n) is 1.60. The number of hydrogen-bond donors (Lipinski definition) is 0. The Hall–Kier alpha value is -1.22. The third-order valence-corrected chi connectivity index (χ3v) is 2.55. The Morgan fingerprint density at radius 2 is 2.00 bits per heavy atom. The summed E-state index contributed by atoms with van der Waals surface area (Å²) in [5, 5.41) is -0.486. The molecule has 0 spiro atoms. The van der Waals surface area contributed by atoms with Gasteiger partial charge in [0.15, 0.2) is 0 Å². The second-order valence-corrected chi connectivity index (χ2v) is 3.72. The molecule has 88 valence electrons. The first-order valence-electron chi connectivity index (χ1n) is 5.08. The van der Waals surface area contributed by atoms with E-state index in [2.05, 4.69) is 0 Å². The highest BCUT2D eigenvalue weighted by molar-refractivity contribution is 6.68. The van der Waals surface area contributed by atoms with Crippen molar-refractivity contribution in [3.63, 3.8) is 0 Å². The summed E-state index contributed by atoms with van der Waals surface area (Å²) in [6.45, 7) is 2.03. The SMILES string of the molecule is CCCc1c(OC)cc(OC)cc1C(=O)Cl. The van der Waals surface area contributed by atoms with E-state index in [4.69, 9.17) is 21.1 Å². The van der Waals surface area contributed by atoms with Gasteiger partial charge in [-0.1, -0.05) is 13.3 Å². The molecule has 1 aromatic carbocycles. The summed E-state index contributed by atoms with van der Waals surface area (Å²) in [6.07, 6.45) is 1.67. The van der Waals surface area contributed by atoms with Crippen molar-refractivity contribution in [2.24, 2.45) is 0 Å². The first kappa shape index (κ1) is 12.8. The molecular weight excluding hydrogens is 228 g/mol. The van der Waals surface area contributed by atoms with Crippen molar-refractivity contribution in [1.82, 2.24) is 0 Å². The number of rotatable bonds is 5. The summed E-state index contributed by atoms with van der Waals surface area (Å²) in [4.78, 5) is 11.3. The van der Waals surface area contributed by atoms with Crippen LogP contribution in [0.1, 0.15) is 29.3 Å². The van der Waals surface area contributed by atoms with Gasteiger partial charge in [-0.3, -0.25) is 4.79 Å². The average molecular weight is 243 g/mol. The second kappa shape index (κ2) is 5.75. The number of carbonyl (C=O) groups excluding carboxylic acids is 1. The zero-order valence-electron chi connectivity index (χ0n) is 9.67. The Morgan fingerprint density at radius 1 is 1.31 bits per heavy atom. The molecule has 0 bridgehead atoms. The Morgan fingerprint density at radius 3 is 2.44 bits per heavy atom. The van der Waals surface area contributed by atoms with E-state index in [-0.39, 0.29) is 0 Å². The molecule has 0 aliphatic rings. The normalized spacial score (nSPS) is 10.0. The van der Waals surface area contributed by atoms with Gasteiger partial charge in [-0.05, 0) is 24.1 Å². The number of methoxy groups -OCH3 is 2. The van der Waals surface area contributed by atoms with Crippen LogP contribution in [0.25, 0.3) is 0 Å². The van der Waals surface area contributed by atoms with E-state index in [0.717, 1.165) is 18.4 Å². The Balaban J connectivity index is 3.34. The molecule has 0 fully saturated rings. The summed E-state index contributed by atoms with van der Waals surface area (Å²) in [5.74, 6) is 1.21. The topological polar surface area (TPSA) is 35.5 Å². The Labute approximate surface area is 100 Å². The molecule has 1 rings (SSSR count). The zero-order chi connectivity index (χ0) is 12.1. The fraction of sp³-hybridized carbons (Fsp3) is 0.417. The maximum atomic E-state index is 11.3. The van der Waals surface area contributed by atoms with E-state index in [1.165, 1.54) is 7.11 Å². The first-order chi connectivity index (χ1) is 7.63. The number of benzene rings is 1. The van der Waals surface area contributed by atoms with Gasteiger partial charge in [0.25, 0.3) is 5.24 Å². The van der Waals surface area contributed by atoms with Crippen LogP contribution in [0.2, 0.25) is 0 Å². The van der Waals surface area contributed by atoms with Crippen molar-refractivity contribution in [3.8, 4) is 11.5 Å². The Kier molecular flexibility index (Phi) is 4.62. The molecule has 0 saturated carbocycles. The van der Waals surface area contributed by atoms with E-state index in [1.807, 2.05) is 6.92 Å². The van der Waals surface area contributed by atoms with Gasteiger partial charge >= 0.3 is 0 Å². The number of ether oxygens (including phenoxy) is 2. The second-order valence-electron chi connectivity index (χ2n) is 3.38.